The van der Waals surface area contributed by atoms with Gasteiger partial charge in [0, 0.05) is 16.7 Å². The highest BCUT2D eigenvalue weighted by Gasteiger charge is 2.38. The van der Waals surface area contributed by atoms with E-state index >= 15 is 0 Å². The first-order chi connectivity index (χ1) is 13.0. The number of methoxy groups -OCH3 is 3. The van der Waals surface area contributed by atoms with Crippen LogP contribution in [0.25, 0.3) is 10.1 Å². The molecule has 0 spiro atoms. The fourth-order valence-electron chi connectivity index (χ4n) is 3.05. The zero-order valence-corrected chi connectivity index (χ0v) is 19.2. The highest BCUT2D eigenvalue weighted by Crippen LogP contribution is 2.58. The summed E-state index contributed by atoms with van der Waals surface area (Å²) in [5.41, 5.74) is 0. The molecule has 4 nitrogen and oxygen atoms in total. The Bertz CT molecular complexity index is 800. The van der Waals surface area contributed by atoms with Gasteiger partial charge in [-0.05, 0) is 30.4 Å². The number of rotatable bonds is 6. The number of thiophene rings is 1. The van der Waals surface area contributed by atoms with Crippen molar-refractivity contribution >= 4 is 74.1 Å². The Morgan fingerprint density at radius 1 is 1.11 bits per heavy atom. The molecule has 1 aliphatic heterocycles. The number of hydrogen-bond donors (Lipinski definition) is 0. The van der Waals surface area contributed by atoms with Crippen LogP contribution in [0.4, 0.5) is 0 Å². The predicted octanol–water partition coefficient (Wildman–Crippen LogP) is 6.20. The van der Waals surface area contributed by atoms with Crippen molar-refractivity contribution in [2.75, 3.05) is 32.8 Å². The van der Waals surface area contributed by atoms with Gasteiger partial charge in [-0.2, -0.15) is 0 Å². The topological polar surface area (TPSA) is 44.8 Å². The quantitative estimate of drug-likeness (QED) is 0.472. The molecule has 0 amide bonds. The fourth-order valence-corrected chi connectivity index (χ4v) is 8.66. The van der Waals surface area contributed by atoms with Gasteiger partial charge in [-0.3, -0.25) is 4.79 Å². The Morgan fingerprint density at radius 3 is 2.33 bits per heavy atom. The maximum Gasteiger partial charge on any atom is 0.305 e. The van der Waals surface area contributed by atoms with E-state index < -0.39 is 0 Å². The molecule has 1 aromatic heterocycles. The van der Waals surface area contributed by atoms with Gasteiger partial charge >= 0.3 is 5.97 Å². The summed E-state index contributed by atoms with van der Waals surface area (Å²) >= 11 is 18.6. The molecule has 0 radical (unpaired) electrons. The van der Waals surface area contributed by atoms with Gasteiger partial charge in [0.1, 0.15) is 5.02 Å². The van der Waals surface area contributed by atoms with Crippen LogP contribution < -0.4 is 9.47 Å². The van der Waals surface area contributed by atoms with Crippen molar-refractivity contribution in [2.45, 2.75) is 23.3 Å². The number of esters is 1. The van der Waals surface area contributed by atoms with Crippen LogP contribution in [-0.4, -0.2) is 38.8 Å². The van der Waals surface area contributed by atoms with E-state index in [-0.39, 0.29) is 10.0 Å². The molecule has 27 heavy (non-hydrogen) atoms. The van der Waals surface area contributed by atoms with Gasteiger partial charge in [0.05, 0.1) is 35.1 Å². The average Bonchev–Trinajstić information content (AvgIpc) is 3.16. The van der Waals surface area contributed by atoms with Gasteiger partial charge < -0.3 is 14.2 Å². The number of benzene rings is 1. The molecule has 1 aliphatic rings. The number of hydrogen-bond acceptors (Lipinski definition) is 7. The number of halogens is 2. The van der Waals surface area contributed by atoms with Crippen molar-refractivity contribution in [1.29, 1.82) is 0 Å². The summed E-state index contributed by atoms with van der Waals surface area (Å²) in [5, 5.41) is 1.84. The molecule has 1 fully saturated rings. The standard InChI is InChI=1S/C18H20Cl2O4S3/c1-22-12(21)5-6-18(25-7-4-8-26-18)11-9-10-13(19)15(23-2)16(24-3)14(20)17(10)27-11/h9H,4-8H2,1-3H3. The van der Waals surface area contributed by atoms with E-state index in [1.807, 2.05) is 23.5 Å². The van der Waals surface area contributed by atoms with Crippen LogP contribution in [0.5, 0.6) is 11.5 Å². The zero-order chi connectivity index (χ0) is 19.6. The van der Waals surface area contributed by atoms with Gasteiger partial charge in [0.25, 0.3) is 0 Å². The maximum atomic E-state index is 11.8. The molecule has 148 valence electrons. The van der Waals surface area contributed by atoms with E-state index in [1.54, 1.807) is 25.6 Å². The molecule has 1 saturated heterocycles. The minimum Gasteiger partial charge on any atom is -0.491 e. The normalized spacial score (nSPS) is 16.3. The summed E-state index contributed by atoms with van der Waals surface area (Å²) in [6.07, 6.45) is 2.23. The molecule has 0 aliphatic carbocycles. The molecule has 0 N–H and O–H groups in total. The summed E-state index contributed by atoms with van der Waals surface area (Å²) in [4.78, 5) is 12.9. The van der Waals surface area contributed by atoms with Crippen molar-refractivity contribution in [3.05, 3.63) is 21.0 Å². The molecule has 0 atom stereocenters. The summed E-state index contributed by atoms with van der Waals surface area (Å²) < 4.78 is 16.4. The first kappa shape index (κ1) is 21.2. The van der Waals surface area contributed by atoms with Crippen LogP contribution in [0.15, 0.2) is 6.07 Å². The molecular weight excluding hydrogens is 447 g/mol. The Kier molecular flexibility index (Phi) is 7.01. The maximum absolute atomic E-state index is 11.8. The second-order valence-corrected chi connectivity index (χ2v) is 10.8. The van der Waals surface area contributed by atoms with Crippen LogP contribution in [0.3, 0.4) is 0 Å². The summed E-state index contributed by atoms with van der Waals surface area (Å²) in [5.74, 6) is 2.79. The number of ether oxygens (including phenoxy) is 3. The summed E-state index contributed by atoms with van der Waals surface area (Å²) in [7, 11) is 4.52. The SMILES string of the molecule is COC(=O)CCC1(c2cc3c(Cl)c(OC)c(OC)c(Cl)c3s2)SCCCS1. The second-order valence-electron chi connectivity index (χ2n) is 5.93. The molecule has 2 aromatic rings. The van der Waals surface area contributed by atoms with Gasteiger partial charge in [-0.1, -0.05) is 23.2 Å². The first-order valence-corrected chi connectivity index (χ1v) is 11.9. The van der Waals surface area contributed by atoms with Crippen LogP contribution >= 0.6 is 58.1 Å². The predicted molar refractivity (Wildman–Crippen MR) is 117 cm³/mol. The highest BCUT2D eigenvalue weighted by atomic mass is 35.5. The van der Waals surface area contributed by atoms with Crippen LogP contribution in [0, 0.1) is 0 Å². The number of fused-ring (bicyclic) bond motifs is 1. The largest absolute Gasteiger partial charge is 0.491 e. The molecular formula is C18H20Cl2O4S3. The highest BCUT2D eigenvalue weighted by molar-refractivity contribution is 8.18. The molecule has 0 unspecified atom stereocenters. The molecule has 9 heteroatoms. The van der Waals surface area contributed by atoms with Crippen molar-refractivity contribution in [3.8, 4) is 11.5 Å². The molecule has 3 rings (SSSR count). The molecule has 1 aromatic carbocycles. The Balaban J connectivity index is 2.12. The second kappa shape index (κ2) is 8.91. The minimum atomic E-state index is -0.205. The monoisotopic (exact) mass is 466 g/mol. The third kappa shape index (κ3) is 3.99. The van der Waals surface area contributed by atoms with Crippen molar-refractivity contribution in [2.24, 2.45) is 0 Å². The van der Waals surface area contributed by atoms with Gasteiger partial charge in [-0.25, -0.2) is 0 Å². The smallest absolute Gasteiger partial charge is 0.305 e. The van der Waals surface area contributed by atoms with E-state index in [4.69, 9.17) is 37.4 Å². The third-order valence-electron chi connectivity index (χ3n) is 4.40. The van der Waals surface area contributed by atoms with E-state index in [2.05, 4.69) is 6.07 Å². The van der Waals surface area contributed by atoms with Crippen LogP contribution in [0.1, 0.15) is 24.1 Å². The lowest BCUT2D eigenvalue weighted by Crippen LogP contribution is -2.23. The van der Waals surface area contributed by atoms with Gasteiger partial charge in [0.15, 0.2) is 11.5 Å². The Hall–Kier alpha value is -0.470. The van der Waals surface area contributed by atoms with Crippen LogP contribution in [-0.2, 0) is 13.6 Å². The van der Waals surface area contributed by atoms with E-state index in [0.29, 0.717) is 34.4 Å². The average molecular weight is 467 g/mol. The lowest BCUT2D eigenvalue weighted by molar-refractivity contribution is -0.140. The van der Waals surface area contributed by atoms with E-state index in [0.717, 1.165) is 32.9 Å². The summed E-state index contributed by atoms with van der Waals surface area (Å²) in [6.45, 7) is 0. The van der Waals surface area contributed by atoms with Gasteiger partial charge in [0.2, 0.25) is 0 Å². The Morgan fingerprint density at radius 2 is 1.74 bits per heavy atom. The fraction of sp³-hybridized carbons (Fsp3) is 0.500. The zero-order valence-electron chi connectivity index (χ0n) is 15.2. The van der Waals surface area contributed by atoms with Crippen molar-refractivity contribution in [1.82, 2.24) is 0 Å². The lowest BCUT2D eigenvalue weighted by atomic mass is 10.1. The number of thioether (sulfide) groups is 2. The van der Waals surface area contributed by atoms with E-state index in [1.165, 1.54) is 7.11 Å². The van der Waals surface area contributed by atoms with E-state index in [9.17, 15) is 4.79 Å². The minimum absolute atomic E-state index is 0.193. The molecule has 2 heterocycles. The molecule has 0 saturated carbocycles. The van der Waals surface area contributed by atoms with Gasteiger partial charge in [-0.15, -0.1) is 34.9 Å². The van der Waals surface area contributed by atoms with Crippen molar-refractivity contribution in [3.63, 3.8) is 0 Å². The van der Waals surface area contributed by atoms with Crippen LogP contribution in [0.2, 0.25) is 10.0 Å². The first-order valence-electron chi connectivity index (χ1n) is 8.35. The van der Waals surface area contributed by atoms with Crippen molar-refractivity contribution < 1.29 is 19.0 Å². The lowest BCUT2D eigenvalue weighted by Gasteiger charge is -2.35. The molecule has 0 bridgehead atoms. The third-order valence-corrected chi connectivity index (χ3v) is 10.3. The number of carbonyl (C=O) groups is 1. The number of carbonyl (C=O) groups excluding carboxylic acids is 1. The Labute approximate surface area is 181 Å². The summed E-state index contributed by atoms with van der Waals surface area (Å²) in [6, 6.07) is 2.08.